The average molecular weight is 442 g/mol. The summed E-state index contributed by atoms with van der Waals surface area (Å²) in [6.07, 6.45) is 9.14. The lowest BCUT2D eigenvalue weighted by Crippen LogP contribution is -2.52. The van der Waals surface area contributed by atoms with Gasteiger partial charge in [-0.15, -0.1) is 0 Å². The van der Waals surface area contributed by atoms with Crippen molar-refractivity contribution in [3.63, 3.8) is 0 Å². The van der Waals surface area contributed by atoms with Gasteiger partial charge in [0, 0.05) is 51.7 Å². The molecule has 2 heterocycles. The van der Waals surface area contributed by atoms with Crippen molar-refractivity contribution in [3.05, 3.63) is 35.9 Å². The van der Waals surface area contributed by atoms with Crippen LogP contribution in [-0.2, 0) is 9.47 Å². The maximum absolute atomic E-state index is 13.2. The molecule has 2 amide bonds. The molecule has 0 saturated carbocycles. The van der Waals surface area contributed by atoms with E-state index in [2.05, 4.69) is 34.8 Å². The molecule has 2 N–H and O–H groups in total. The van der Waals surface area contributed by atoms with Gasteiger partial charge < -0.3 is 25.0 Å². The quantitative estimate of drug-likeness (QED) is 0.600. The number of hydrogen-bond acceptors (Lipinski definition) is 4. The number of likely N-dealkylation sites (tertiary alicyclic amines) is 1. The van der Waals surface area contributed by atoms with Crippen LogP contribution < -0.4 is 10.6 Å². The molecule has 2 saturated heterocycles. The summed E-state index contributed by atoms with van der Waals surface area (Å²) < 4.78 is 11.7. The number of urea groups is 1. The number of ether oxygens (including phenoxy) is 2. The molecule has 2 aliphatic heterocycles. The van der Waals surface area contributed by atoms with Crippen LogP contribution in [0.5, 0.6) is 0 Å². The molecule has 0 aromatic heterocycles. The van der Waals surface area contributed by atoms with Crippen LogP contribution in [0.2, 0.25) is 0 Å². The molecule has 6 nitrogen and oxygen atoms in total. The zero-order valence-electron chi connectivity index (χ0n) is 19.6. The van der Waals surface area contributed by atoms with Crippen molar-refractivity contribution in [1.82, 2.24) is 15.5 Å². The third-order valence-electron chi connectivity index (χ3n) is 6.49. The van der Waals surface area contributed by atoms with Crippen LogP contribution in [0, 0.1) is 23.9 Å². The summed E-state index contributed by atoms with van der Waals surface area (Å²) in [4.78, 5) is 15.2. The largest absolute Gasteiger partial charge is 0.438 e. The number of carbonyl (C=O) groups is 1. The number of hydrogen-bond donors (Lipinski definition) is 2. The van der Waals surface area contributed by atoms with Gasteiger partial charge in [-0.3, -0.25) is 0 Å². The lowest BCUT2D eigenvalue weighted by atomic mass is 9.88. The number of amides is 2. The minimum absolute atomic E-state index is 0.0258. The number of piperidine rings is 1. The normalized spacial score (nSPS) is 23.2. The standard InChI is InChI=1S/C26H39N3O3/c1-3-15-32-25(22-11-5-4-6-12-22)23-13-9-14-29(19-23)26(30)28-24(18-27-2)17-21-10-7-8-16-31-20-21/h4-6,11-12,21,23-25,27H,7-10,13-14,16-20H2,1-2H3,(H,28,30)/t21-,23-,24+,25?/m1/s1. The molecule has 176 valence electrons. The van der Waals surface area contributed by atoms with Gasteiger partial charge in [0.2, 0.25) is 0 Å². The molecule has 4 atom stereocenters. The Morgan fingerprint density at radius 1 is 1.25 bits per heavy atom. The molecule has 0 spiro atoms. The highest BCUT2D eigenvalue weighted by Crippen LogP contribution is 2.32. The number of carbonyl (C=O) groups excluding carboxylic acids is 1. The van der Waals surface area contributed by atoms with Gasteiger partial charge in [-0.25, -0.2) is 4.79 Å². The highest BCUT2D eigenvalue weighted by molar-refractivity contribution is 5.74. The topological polar surface area (TPSA) is 62.8 Å². The van der Waals surface area contributed by atoms with E-state index in [1.807, 2.05) is 30.1 Å². The van der Waals surface area contributed by atoms with Gasteiger partial charge in [-0.1, -0.05) is 42.7 Å². The maximum atomic E-state index is 13.2. The molecular weight excluding hydrogens is 402 g/mol. The molecule has 3 rings (SSSR count). The van der Waals surface area contributed by atoms with Crippen LogP contribution in [0.25, 0.3) is 0 Å². The van der Waals surface area contributed by atoms with E-state index in [9.17, 15) is 4.79 Å². The first-order valence-electron chi connectivity index (χ1n) is 12.1. The minimum Gasteiger partial charge on any atom is -0.438 e. The van der Waals surface area contributed by atoms with E-state index in [4.69, 9.17) is 9.47 Å². The Balaban J connectivity index is 1.61. The van der Waals surface area contributed by atoms with E-state index >= 15 is 0 Å². The van der Waals surface area contributed by atoms with Crippen molar-refractivity contribution in [2.45, 2.75) is 57.6 Å². The molecule has 0 bridgehead atoms. The fraction of sp³-hybridized carbons (Fsp3) is 0.654. The van der Waals surface area contributed by atoms with Crippen LogP contribution in [0.15, 0.2) is 30.3 Å². The zero-order chi connectivity index (χ0) is 22.6. The number of likely N-dealkylation sites (N-methyl/N-ethyl adjacent to an activating group) is 1. The predicted octanol–water partition coefficient (Wildman–Crippen LogP) is 3.94. The van der Waals surface area contributed by atoms with E-state index in [-0.39, 0.29) is 24.1 Å². The van der Waals surface area contributed by atoms with Crippen molar-refractivity contribution < 1.29 is 14.3 Å². The fourth-order valence-corrected chi connectivity index (χ4v) is 4.91. The van der Waals surface area contributed by atoms with Crippen molar-refractivity contribution in [2.75, 3.05) is 39.9 Å². The monoisotopic (exact) mass is 441 g/mol. The number of nitrogens with one attached hydrogen (secondary N) is 2. The van der Waals surface area contributed by atoms with Crippen LogP contribution in [0.1, 0.15) is 57.1 Å². The zero-order valence-corrected chi connectivity index (χ0v) is 19.6. The Morgan fingerprint density at radius 2 is 2.09 bits per heavy atom. The van der Waals surface area contributed by atoms with Gasteiger partial charge in [0.1, 0.15) is 12.2 Å². The summed E-state index contributed by atoms with van der Waals surface area (Å²) in [6.45, 7) is 5.67. The lowest BCUT2D eigenvalue weighted by molar-refractivity contribution is 0.0579. The predicted molar refractivity (Wildman–Crippen MR) is 127 cm³/mol. The third-order valence-corrected chi connectivity index (χ3v) is 6.49. The Kier molecular flexibility index (Phi) is 10.2. The summed E-state index contributed by atoms with van der Waals surface area (Å²) in [5.74, 6) is 3.57. The van der Waals surface area contributed by atoms with Crippen LogP contribution in [-0.4, -0.2) is 56.9 Å². The van der Waals surface area contributed by atoms with E-state index in [1.54, 1.807) is 6.92 Å². The van der Waals surface area contributed by atoms with Crippen molar-refractivity contribution in [1.29, 1.82) is 0 Å². The number of benzene rings is 1. The third kappa shape index (κ3) is 7.43. The van der Waals surface area contributed by atoms with Crippen molar-refractivity contribution in [2.24, 2.45) is 11.8 Å². The van der Waals surface area contributed by atoms with Crippen molar-refractivity contribution in [3.8, 4) is 12.0 Å². The summed E-state index contributed by atoms with van der Waals surface area (Å²) in [6, 6.07) is 10.4. The minimum atomic E-state index is -0.129. The first-order chi connectivity index (χ1) is 15.7. The van der Waals surface area contributed by atoms with Crippen LogP contribution >= 0.6 is 0 Å². The summed E-state index contributed by atoms with van der Waals surface area (Å²) >= 11 is 0. The van der Waals surface area contributed by atoms with Crippen LogP contribution in [0.4, 0.5) is 4.79 Å². The molecule has 0 aliphatic carbocycles. The Morgan fingerprint density at radius 3 is 2.88 bits per heavy atom. The first kappa shape index (κ1) is 24.4. The van der Waals surface area contributed by atoms with E-state index in [1.165, 1.54) is 12.8 Å². The molecule has 1 unspecified atom stereocenters. The molecule has 32 heavy (non-hydrogen) atoms. The van der Waals surface area contributed by atoms with Crippen molar-refractivity contribution >= 4 is 6.03 Å². The second-order valence-electron chi connectivity index (χ2n) is 9.03. The highest BCUT2D eigenvalue weighted by atomic mass is 16.5. The molecule has 6 heteroatoms. The van der Waals surface area contributed by atoms with Gasteiger partial charge in [0.25, 0.3) is 0 Å². The highest BCUT2D eigenvalue weighted by Gasteiger charge is 2.32. The average Bonchev–Trinajstić information content (AvgIpc) is 3.09. The summed E-state index contributed by atoms with van der Waals surface area (Å²) in [5, 5.41) is 6.54. The second kappa shape index (κ2) is 13.3. The molecular formula is C26H39N3O3. The number of rotatable bonds is 8. The first-order valence-corrected chi connectivity index (χ1v) is 12.1. The molecule has 1 aromatic carbocycles. The smallest absolute Gasteiger partial charge is 0.317 e. The SMILES string of the molecule is CC#COC(c1ccccc1)[C@@H]1CCCN(C(=O)N[C@H](CNC)C[C@H]2CCCCOC2)C1. The van der Waals surface area contributed by atoms with Gasteiger partial charge in [-0.05, 0) is 50.6 Å². The number of nitrogens with zero attached hydrogens (tertiary/aromatic N) is 1. The molecule has 0 radical (unpaired) electrons. The molecule has 2 aliphatic rings. The second-order valence-corrected chi connectivity index (χ2v) is 9.03. The van der Waals surface area contributed by atoms with Gasteiger partial charge in [-0.2, -0.15) is 0 Å². The van der Waals surface area contributed by atoms with Crippen LogP contribution in [0.3, 0.4) is 0 Å². The molecule has 2 fully saturated rings. The fourth-order valence-electron chi connectivity index (χ4n) is 4.91. The van der Waals surface area contributed by atoms with E-state index in [0.717, 1.165) is 57.6 Å². The van der Waals surface area contributed by atoms with E-state index < -0.39 is 0 Å². The maximum Gasteiger partial charge on any atom is 0.317 e. The Bertz CT molecular complexity index is 738. The summed E-state index contributed by atoms with van der Waals surface area (Å²) in [7, 11) is 1.94. The van der Waals surface area contributed by atoms with E-state index in [0.29, 0.717) is 12.5 Å². The Hall–Kier alpha value is -2.23. The van der Waals surface area contributed by atoms with Gasteiger partial charge >= 0.3 is 6.03 Å². The lowest BCUT2D eigenvalue weighted by Gasteiger charge is -2.37. The van der Waals surface area contributed by atoms with Gasteiger partial charge in [0.15, 0.2) is 0 Å². The molecule has 1 aromatic rings. The van der Waals surface area contributed by atoms with Gasteiger partial charge in [0.05, 0.1) is 0 Å². The Labute approximate surface area is 193 Å². The summed E-state index contributed by atoms with van der Waals surface area (Å²) in [5.41, 5.74) is 1.11.